The van der Waals surface area contributed by atoms with Gasteiger partial charge in [0.25, 0.3) is 0 Å². The Balaban J connectivity index is 1.97. The number of ether oxygens (including phenoxy) is 1. The first-order chi connectivity index (χ1) is 10.9. The lowest BCUT2D eigenvalue weighted by Crippen LogP contribution is -2.16. The quantitative estimate of drug-likeness (QED) is 0.777. The third-order valence-electron chi connectivity index (χ3n) is 2.94. The van der Waals surface area contributed by atoms with Gasteiger partial charge in [-0.15, -0.1) is 11.3 Å². The highest BCUT2D eigenvalue weighted by Gasteiger charge is 2.17. The molecule has 0 bridgehead atoms. The number of anilines is 1. The van der Waals surface area contributed by atoms with Gasteiger partial charge < -0.3 is 15.2 Å². The lowest BCUT2D eigenvalue weighted by atomic mass is 10.3. The van der Waals surface area contributed by atoms with Crippen molar-refractivity contribution >= 4 is 34.2 Å². The van der Waals surface area contributed by atoms with Crippen LogP contribution in [0.25, 0.3) is 0 Å². The number of methoxy groups -OCH3 is 1. The van der Waals surface area contributed by atoms with Crippen LogP contribution in [-0.4, -0.2) is 39.8 Å². The molecule has 0 spiro atoms. The molecule has 2 aromatic heterocycles. The number of hydrogen-bond donors (Lipinski definition) is 2. The van der Waals surface area contributed by atoms with Crippen LogP contribution in [0.1, 0.15) is 32.1 Å². The summed E-state index contributed by atoms with van der Waals surface area (Å²) in [5.74, 6) is -1.93. The molecule has 0 aliphatic carbocycles. The van der Waals surface area contributed by atoms with Crippen LogP contribution in [0.3, 0.4) is 0 Å². The number of hydrogen-bond acceptors (Lipinski definition) is 6. The van der Waals surface area contributed by atoms with Crippen molar-refractivity contribution in [1.82, 2.24) is 9.78 Å². The Labute approximate surface area is 135 Å². The van der Waals surface area contributed by atoms with Crippen molar-refractivity contribution in [1.29, 1.82) is 0 Å². The molecule has 9 heteroatoms. The fourth-order valence-corrected chi connectivity index (χ4v) is 2.79. The van der Waals surface area contributed by atoms with Gasteiger partial charge in [-0.3, -0.25) is 9.48 Å². The molecule has 0 fully saturated rings. The van der Waals surface area contributed by atoms with Gasteiger partial charge in [-0.05, 0) is 19.1 Å². The molecule has 23 heavy (non-hydrogen) atoms. The first kappa shape index (κ1) is 16.7. The first-order valence-electron chi connectivity index (χ1n) is 6.66. The molecular formula is C14H15N3O5S. The minimum absolute atomic E-state index is 0.0766. The third-order valence-corrected chi connectivity index (χ3v) is 3.91. The number of carbonyl (C=O) groups excluding carboxylic acids is 2. The maximum atomic E-state index is 12.0. The fourth-order valence-electron chi connectivity index (χ4n) is 1.87. The fraction of sp³-hybridized carbons (Fsp3) is 0.286. The Morgan fingerprint density at radius 2 is 2.17 bits per heavy atom. The highest BCUT2D eigenvalue weighted by atomic mass is 32.1. The molecule has 122 valence electrons. The number of nitrogens with zero attached hydrogens (tertiary/aromatic N) is 2. The van der Waals surface area contributed by atoms with Crippen LogP contribution in [0, 0.1) is 6.92 Å². The van der Waals surface area contributed by atoms with E-state index in [2.05, 4.69) is 15.2 Å². The van der Waals surface area contributed by atoms with Crippen molar-refractivity contribution in [3.05, 3.63) is 34.5 Å². The molecule has 0 saturated carbocycles. The smallest absolute Gasteiger partial charge is 0.356 e. The summed E-state index contributed by atoms with van der Waals surface area (Å²) >= 11 is 1.28. The standard InChI is InChI=1S/C14H15N3O5S/c1-8-7-9(14(21)22-2)12(23-8)15-11(18)4-6-17-5-3-10(16-17)13(19)20/h3,5,7H,4,6H2,1-2H3,(H,15,18)(H,19,20). The van der Waals surface area contributed by atoms with Crippen molar-refractivity contribution in [3.63, 3.8) is 0 Å². The number of aromatic nitrogens is 2. The van der Waals surface area contributed by atoms with E-state index >= 15 is 0 Å². The molecule has 0 aliphatic heterocycles. The van der Waals surface area contributed by atoms with E-state index in [4.69, 9.17) is 5.11 Å². The van der Waals surface area contributed by atoms with Crippen molar-refractivity contribution in [3.8, 4) is 0 Å². The summed E-state index contributed by atoms with van der Waals surface area (Å²) in [7, 11) is 1.28. The molecule has 2 heterocycles. The number of esters is 1. The van der Waals surface area contributed by atoms with Gasteiger partial charge in [-0.1, -0.05) is 0 Å². The topological polar surface area (TPSA) is 111 Å². The van der Waals surface area contributed by atoms with Gasteiger partial charge in [-0.25, -0.2) is 9.59 Å². The van der Waals surface area contributed by atoms with Gasteiger partial charge in [0.2, 0.25) is 5.91 Å². The molecule has 2 N–H and O–H groups in total. The van der Waals surface area contributed by atoms with Crippen LogP contribution < -0.4 is 5.32 Å². The molecule has 0 aromatic carbocycles. The highest BCUT2D eigenvalue weighted by Crippen LogP contribution is 2.28. The Morgan fingerprint density at radius 3 is 2.78 bits per heavy atom. The molecule has 2 rings (SSSR count). The summed E-state index contributed by atoms with van der Waals surface area (Å²) in [5.41, 5.74) is 0.239. The number of carboxylic acid groups (broad SMARTS) is 1. The highest BCUT2D eigenvalue weighted by molar-refractivity contribution is 7.16. The van der Waals surface area contributed by atoms with E-state index < -0.39 is 11.9 Å². The molecule has 0 aliphatic rings. The number of amides is 1. The van der Waals surface area contributed by atoms with E-state index in [1.807, 2.05) is 6.92 Å². The number of carboxylic acids is 1. The second-order valence-electron chi connectivity index (χ2n) is 4.66. The Bertz CT molecular complexity index is 749. The Morgan fingerprint density at radius 1 is 1.43 bits per heavy atom. The Hall–Kier alpha value is -2.68. The SMILES string of the molecule is COC(=O)c1cc(C)sc1NC(=O)CCn1ccc(C(=O)O)n1. The second-order valence-corrected chi connectivity index (χ2v) is 5.92. The molecule has 2 aromatic rings. The summed E-state index contributed by atoms with van der Waals surface area (Å²) < 4.78 is 6.05. The number of aryl methyl sites for hydroxylation is 2. The van der Waals surface area contributed by atoms with Crippen molar-refractivity contribution in [2.45, 2.75) is 19.9 Å². The molecular weight excluding hydrogens is 322 g/mol. The van der Waals surface area contributed by atoms with Crippen LogP contribution in [-0.2, 0) is 16.1 Å². The zero-order valence-corrected chi connectivity index (χ0v) is 13.3. The minimum atomic E-state index is -1.12. The average Bonchev–Trinajstić information content (AvgIpc) is 3.11. The number of nitrogens with one attached hydrogen (secondary N) is 1. The summed E-state index contributed by atoms with van der Waals surface area (Å²) in [5, 5.41) is 15.7. The van der Waals surface area contributed by atoms with Crippen LogP contribution >= 0.6 is 11.3 Å². The van der Waals surface area contributed by atoms with Crippen LogP contribution in [0.5, 0.6) is 0 Å². The molecule has 0 atom stereocenters. The first-order valence-corrected chi connectivity index (χ1v) is 7.47. The van der Waals surface area contributed by atoms with E-state index in [-0.39, 0.29) is 24.6 Å². The van der Waals surface area contributed by atoms with Gasteiger partial charge in [0.15, 0.2) is 5.69 Å². The predicted molar refractivity (Wildman–Crippen MR) is 82.8 cm³/mol. The van der Waals surface area contributed by atoms with E-state index in [9.17, 15) is 14.4 Å². The van der Waals surface area contributed by atoms with E-state index in [1.54, 1.807) is 6.07 Å². The van der Waals surface area contributed by atoms with Gasteiger partial charge in [-0.2, -0.15) is 5.10 Å². The molecule has 0 unspecified atom stereocenters. The summed E-state index contributed by atoms with van der Waals surface area (Å²) in [4.78, 5) is 35.2. The number of aromatic carboxylic acids is 1. The summed E-state index contributed by atoms with van der Waals surface area (Å²) in [6.07, 6.45) is 1.59. The van der Waals surface area contributed by atoms with Gasteiger partial charge in [0, 0.05) is 24.0 Å². The normalized spacial score (nSPS) is 10.3. The third kappa shape index (κ3) is 4.16. The zero-order chi connectivity index (χ0) is 17.0. The van der Waals surface area contributed by atoms with E-state index in [0.717, 1.165) is 4.88 Å². The minimum Gasteiger partial charge on any atom is -0.476 e. The lowest BCUT2D eigenvalue weighted by molar-refractivity contribution is -0.116. The molecule has 8 nitrogen and oxygen atoms in total. The van der Waals surface area contributed by atoms with Crippen LogP contribution in [0.4, 0.5) is 5.00 Å². The lowest BCUT2D eigenvalue weighted by Gasteiger charge is -2.05. The molecule has 0 radical (unpaired) electrons. The van der Waals surface area contributed by atoms with Crippen molar-refractivity contribution in [2.75, 3.05) is 12.4 Å². The second kappa shape index (κ2) is 7.05. The maximum Gasteiger partial charge on any atom is 0.356 e. The van der Waals surface area contributed by atoms with Gasteiger partial charge >= 0.3 is 11.9 Å². The summed E-state index contributed by atoms with van der Waals surface area (Å²) in [6.45, 7) is 2.06. The van der Waals surface area contributed by atoms with Crippen LogP contribution in [0.2, 0.25) is 0 Å². The number of carbonyl (C=O) groups is 3. The number of rotatable bonds is 6. The monoisotopic (exact) mass is 337 g/mol. The summed E-state index contributed by atoms with van der Waals surface area (Å²) in [6, 6.07) is 3.01. The Kier molecular flexibility index (Phi) is 5.12. The molecule has 0 saturated heterocycles. The van der Waals surface area contributed by atoms with Crippen molar-refractivity contribution < 1.29 is 24.2 Å². The average molecular weight is 337 g/mol. The van der Waals surface area contributed by atoms with Crippen LogP contribution in [0.15, 0.2) is 18.3 Å². The van der Waals surface area contributed by atoms with E-state index in [0.29, 0.717) is 10.6 Å². The predicted octanol–water partition coefficient (Wildman–Crippen LogP) is 1.77. The van der Waals surface area contributed by atoms with E-state index in [1.165, 1.54) is 35.4 Å². The van der Waals surface area contributed by atoms with Gasteiger partial charge in [0.05, 0.1) is 12.7 Å². The van der Waals surface area contributed by atoms with Crippen molar-refractivity contribution in [2.24, 2.45) is 0 Å². The number of thiophene rings is 1. The maximum absolute atomic E-state index is 12.0. The van der Waals surface area contributed by atoms with Gasteiger partial charge in [0.1, 0.15) is 5.00 Å². The zero-order valence-electron chi connectivity index (χ0n) is 12.5. The molecule has 1 amide bonds. The largest absolute Gasteiger partial charge is 0.476 e.